The van der Waals surface area contributed by atoms with Gasteiger partial charge in [0, 0.05) is 21.3 Å². The highest BCUT2D eigenvalue weighted by molar-refractivity contribution is 7.33. The van der Waals surface area contributed by atoms with Gasteiger partial charge in [-0.3, -0.25) is 9.59 Å². The number of ether oxygens (including phenoxy) is 1. The first kappa shape index (κ1) is 18.3. The summed E-state index contributed by atoms with van der Waals surface area (Å²) in [7, 11) is 0. The van der Waals surface area contributed by atoms with E-state index in [-0.39, 0.29) is 12.5 Å². The van der Waals surface area contributed by atoms with Crippen LogP contribution in [0.15, 0.2) is 30.3 Å². The number of amides is 2. The Morgan fingerprint density at radius 2 is 1.85 bits per heavy atom. The number of rotatable bonds is 7. The summed E-state index contributed by atoms with van der Waals surface area (Å²) in [4.78, 5) is 35.7. The van der Waals surface area contributed by atoms with Gasteiger partial charge in [-0.25, -0.2) is 4.79 Å². The van der Waals surface area contributed by atoms with Gasteiger partial charge in [-0.15, -0.1) is 22.7 Å². The molecule has 3 aromatic rings. The second-order valence-electron chi connectivity index (χ2n) is 5.61. The largest absolute Gasteiger partial charge is 0.451 e. The lowest BCUT2D eigenvalue weighted by atomic mass is 10.2. The number of esters is 1. The molecule has 1 aromatic carbocycles. The molecule has 0 aliphatic carbocycles. The van der Waals surface area contributed by atoms with Crippen LogP contribution >= 0.6 is 22.7 Å². The van der Waals surface area contributed by atoms with Crippen LogP contribution in [0.1, 0.15) is 23.0 Å². The van der Waals surface area contributed by atoms with Crippen molar-refractivity contribution in [1.82, 2.24) is 10.6 Å². The van der Waals surface area contributed by atoms with Crippen LogP contribution in [0.4, 0.5) is 0 Å². The second kappa shape index (κ2) is 8.29. The molecule has 0 saturated heterocycles. The van der Waals surface area contributed by atoms with Gasteiger partial charge in [0.05, 0.1) is 11.2 Å². The number of hydrogen-bond acceptors (Lipinski definition) is 6. The average molecular weight is 390 g/mol. The molecule has 0 radical (unpaired) electrons. The van der Waals surface area contributed by atoms with E-state index in [0.29, 0.717) is 11.4 Å². The standard InChI is InChI=1S/C18H18N2O4S2/c1-2-7-19-15(21)9-20-16(22)10-24-18(23)14-8-13-17(26-14)11-5-3-4-6-12(11)25-13/h3-6,8H,2,7,9-10H2,1H3,(H,19,21)(H,20,22). The highest BCUT2D eigenvalue weighted by atomic mass is 32.1. The van der Waals surface area contributed by atoms with Gasteiger partial charge in [-0.2, -0.15) is 0 Å². The van der Waals surface area contributed by atoms with Crippen LogP contribution in [-0.4, -0.2) is 37.5 Å². The van der Waals surface area contributed by atoms with Gasteiger partial charge < -0.3 is 15.4 Å². The molecule has 8 heteroatoms. The molecule has 3 rings (SSSR count). The molecule has 2 N–H and O–H groups in total. The molecule has 0 aliphatic rings. The van der Waals surface area contributed by atoms with Crippen LogP contribution < -0.4 is 10.6 Å². The van der Waals surface area contributed by atoms with Crippen LogP contribution in [0.25, 0.3) is 19.5 Å². The lowest BCUT2D eigenvalue weighted by Crippen LogP contribution is -2.38. The summed E-state index contributed by atoms with van der Waals surface area (Å²) >= 11 is 2.98. The number of nitrogens with one attached hydrogen (secondary N) is 2. The lowest BCUT2D eigenvalue weighted by Gasteiger charge is -2.06. The fourth-order valence-corrected chi connectivity index (χ4v) is 4.78. The monoisotopic (exact) mass is 390 g/mol. The van der Waals surface area contributed by atoms with E-state index in [4.69, 9.17) is 4.74 Å². The maximum Gasteiger partial charge on any atom is 0.348 e. The maximum atomic E-state index is 12.2. The third kappa shape index (κ3) is 4.20. The van der Waals surface area contributed by atoms with Crippen molar-refractivity contribution in [2.45, 2.75) is 13.3 Å². The number of fused-ring (bicyclic) bond motifs is 3. The van der Waals surface area contributed by atoms with Crippen molar-refractivity contribution in [2.75, 3.05) is 19.7 Å². The maximum absolute atomic E-state index is 12.2. The van der Waals surface area contributed by atoms with E-state index in [1.807, 2.05) is 31.2 Å². The van der Waals surface area contributed by atoms with E-state index in [1.165, 1.54) is 16.0 Å². The number of thiophene rings is 2. The van der Waals surface area contributed by atoms with Crippen molar-refractivity contribution >= 4 is 59.9 Å². The van der Waals surface area contributed by atoms with Crippen LogP contribution in [-0.2, 0) is 14.3 Å². The van der Waals surface area contributed by atoms with Gasteiger partial charge in [0.25, 0.3) is 5.91 Å². The van der Waals surface area contributed by atoms with Crippen molar-refractivity contribution in [1.29, 1.82) is 0 Å². The second-order valence-corrected chi connectivity index (χ2v) is 7.74. The molecule has 0 saturated carbocycles. The van der Waals surface area contributed by atoms with E-state index in [1.54, 1.807) is 17.4 Å². The van der Waals surface area contributed by atoms with Gasteiger partial charge in [-0.1, -0.05) is 25.1 Å². The van der Waals surface area contributed by atoms with E-state index in [2.05, 4.69) is 10.6 Å². The molecular formula is C18H18N2O4S2. The van der Waals surface area contributed by atoms with Crippen LogP contribution in [0.3, 0.4) is 0 Å². The summed E-state index contributed by atoms with van der Waals surface area (Å²) in [6, 6.07) is 9.82. The number of carbonyl (C=O) groups is 3. The first-order valence-electron chi connectivity index (χ1n) is 8.20. The summed E-state index contributed by atoms with van der Waals surface area (Å²) in [5.74, 6) is -1.31. The van der Waals surface area contributed by atoms with Gasteiger partial charge in [0.2, 0.25) is 5.91 Å². The summed E-state index contributed by atoms with van der Waals surface area (Å²) in [5.41, 5.74) is 0. The predicted molar refractivity (Wildman–Crippen MR) is 104 cm³/mol. The Morgan fingerprint density at radius 3 is 2.65 bits per heavy atom. The molecule has 0 aliphatic heterocycles. The fraction of sp³-hybridized carbons (Fsp3) is 0.278. The topological polar surface area (TPSA) is 84.5 Å². The molecule has 2 amide bonds. The van der Waals surface area contributed by atoms with Crippen LogP contribution in [0.2, 0.25) is 0 Å². The molecule has 6 nitrogen and oxygen atoms in total. The molecule has 26 heavy (non-hydrogen) atoms. The van der Waals surface area contributed by atoms with Gasteiger partial charge in [0.15, 0.2) is 6.61 Å². The number of hydrogen-bond donors (Lipinski definition) is 2. The zero-order chi connectivity index (χ0) is 18.5. The summed E-state index contributed by atoms with van der Waals surface area (Å²) in [6.45, 7) is 1.97. The Morgan fingerprint density at radius 1 is 1.04 bits per heavy atom. The zero-order valence-corrected chi connectivity index (χ0v) is 15.8. The Bertz CT molecular complexity index is 961. The smallest absolute Gasteiger partial charge is 0.348 e. The highest BCUT2D eigenvalue weighted by Crippen LogP contribution is 2.39. The lowest BCUT2D eigenvalue weighted by molar-refractivity contribution is -0.127. The SMILES string of the molecule is CCCNC(=O)CNC(=O)COC(=O)c1cc2sc3ccccc3c2s1. The fourth-order valence-electron chi connectivity index (χ4n) is 2.36. The molecule has 0 spiro atoms. The zero-order valence-electron chi connectivity index (χ0n) is 14.2. The minimum absolute atomic E-state index is 0.128. The van der Waals surface area contributed by atoms with Crippen molar-refractivity contribution in [3.8, 4) is 0 Å². The van der Waals surface area contributed by atoms with Crippen molar-refractivity contribution < 1.29 is 19.1 Å². The Labute approximate surface area is 158 Å². The normalized spacial score (nSPS) is 10.8. The molecule has 0 fully saturated rings. The van der Waals surface area contributed by atoms with E-state index < -0.39 is 18.5 Å². The quantitative estimate of drug-likeness (QED) is 0.608. The van der Waals surface area contributed by atoms with E-state index in [0.717, 1.165) is 21.2 Å². The summed E-state index contributed by atoms with van der Waals surface area (Å²) < 4.78 is 8.30. The number of benzene rings is 1. The van der Waals surface area contributed by atoms with Crippen LogP contribution in [0.5, 0.6) is 0 Å². The van der Waals surface area contributed by atoms with Gasteiger partial charge >= 0.3 is 5.97 Å². The summed E-state index contributed by atoms with van der Waals surface area (Å²) in [6.07, 6.45) is 0.824. The minimum Gasteiger partial charge on any atom is -0.451 e. The number of carbonyl (C=O) groups excluding carboxylic acids is 3. The minimum atomic E-state index is -0.534. The van der Waals surface area contributed by atoms with E-state index in [9.17, 15) is 14.4 Å². The summed E-state index contributed by atoms with van der Waals surface area (Å²) in [5, 5.41) is 6.19. The molecule has 0 bridgehead atoms. The third-order valence-corrected chi connectivity index (χ3v) is 6.00. The van der Waals surface area contributed by atoms with Crippen molar-refractivity contribution in [3.05, 3.63) is 35.2 Å². The van der Waals surface area contributed by atoms with Gasteiger partial charge in [-0.05, 0) is 18.6 Å². The Hall–Kier alpha value is -2.45. The first-order chi connectivity index (χ1) is 12.6. The third-order valence-electron chi connectivity index (χ3n) is 3.60. The van der Waals surface area contributed by atoms with Crippen molar-refractivity contribution in [3.63, 3.8) is 0 Å². The molecule has 2 aromatic heterocycles. The average Bonchev–Trinajstić information content (AvgIpc) is 3.20. The van der Waals surface area contributed by atoms with Crippen LogP contribution in [0, 0.1) is 0 Å². The van der Waals surface area contributed by atoms with Gasteiger partial charge in [0.1, 0.15) is 4.88 Å². The van der Waals surface area contributed by atoms with Crippen molar-refractivity contribution in [2.24, 2.45) is 0 Å². The first-order valence-corrected chi connectivity index (χ1v) is 9.83. The predicted octanol–water partition coefficient (Wildman–Crippen LogP) is 2.92. The molecule has 136 valence electrons. The Balaban J connectivity index is 1.54. The Kier molecular flexibility index (Phi) is 5.85. The molecule has 0 atom stereocenters. The molecular weight excluding hydrogens is 372 g/mol. The van der Waals surface area contributed by atoms with E-state index >= 15 is 0 Å². The molecule has 2 heterocycles. The molecule has 0 unspecified atom stereocenters. The highest BCUT2D eigenvalue weighted by Gasteiger charge is 2.16.